The maximum Gasteiger partial charge on any atom is 0.407 e. The first kappa shape index (κ1) is 27.9. The Hall–Kier alpha value is -4.13. The molecule has 0 spiro atoms. The molecule has 0 heterocycles. The van der Waals surface area contributed by atoms with E-state index in [1.165, 1.54) is 27.2 Å². The van der Waals surface area contributed by atoms with Crippen molar-refractivity contribution in [2.24, 2.45) is 0 Å². The third kappa shape index (κ3) is 7.93. The predicted molar refractivity (Wildman–Crippen MR) is 150 cm³/mol. The summed E-state index contributed by atoms with van der Waals surface area (Å²) in [6, 6.07) is 25.9. The molecule has 1 aliphatic rings. The monoisotopic (exact) mass is 528 g/mol. The van der Waals surface area contributed by atoms with Gasteiger partial charge in [-0.2, -0.15) is 0 Å². The minimum atomic E-state index is -1.01. The molecule has 3 aromatic rings. The van der Waals surface area contributed by atoms with Gasteiger partial charge >= 0.3 is 12.1 Å². The Bertz CT molecular complexity index is 1210. The van der Waals surface area contributed by atoms with Gasteiger partial charge in [-0.1, -0.05) is 98.1 Å². The number of carboxylic acids is 1. The van der Waals surface area contributed by atoms with Gasteiger partial charge in [0.1, 0.15) is 13.2 Å². The lowest BCUT2D eigenvalue weighted by Crippen LogP contribution is -2.35. The number of hydrogen-bond acceptors (Lipinski definition) is 4. The summed E-state index contributed by atoms with van der Waals surface area (Å²) in [7, 11) is 0. The zero-order chi connectivity index (χ0) is 27.5. The van der Waals surface area contributed by atoms with Gasteiger partial charge < -0.3 is 20.1 Å². The highest BCUT2D eigenvalue weighted by atomic mass is 16.5. The topological polar surface area (TPSA) is 95.9 Å². The first-order valence-electron chi connectivity index (χ1n) is 13.7. The zero-order valence-electron chi connectivity index (χ0n) is 22.2. The van der Waals surface area contributed by atoms with Crippen LogP contribution in [0.2, 0.25) is 0 Å². The molecule has 4 rings (SSSR count). The van der Waals surface area contributed by atoms with Gasteiger partial charge in [0, 0.05) is 25.4 Å². The fourth-order valence-electron chi connectivity index (χ4n) is 5.13. The summed E-state index contributed by atoms with van der Waals surface area (Å²) in [5.41, 5.74) is 5.70. The number of benzene rings is 3. The molecule has 3 aromatic carbocycles. The van der Waals surface area contributed by atoms with E-state index in [1.54, 1.807) is 0 Å². The number of hydrogen-bond donors (Lipinski definition) is 2. The normalized spacial score (nSPS) is 11.9. The van der Waals surface area contributed by atoms with E-state index in [9.17, 15) is 19.5 Å². The second-order valence-electron chi connectivity index (χ2n) is 9.90. The van der Waals surface area contributed by atoms with Gasteiger partial charge in [-0.25, -0.2) is 4.79 Å². The second-order valence-corrected chi connectivity index (χ2v) is 9.90. The van der Waals surface area contributed by atoms with E-state index in [-0.39, 0.29) is 18.4 Å². The van der Waals surface area contributed by atoms with Crippen LogP contribution >= 0.6 is 0 Å². The molecular weight excluding hydrogens is 492 g/mol. The maximum absolute atomic E-state index is 12.6. The minimum absolute atomic E-state index is 0.0463. The number of carbonyl (C=O) groups is 3. The molecule has 0 saturated heterocycles. The zero-order valence-corrected chi connectivity index (χ0v) is 22.2. The molecule has 0 bridgehead atoms. The Kier molecular flexibility index (Phi) is 10.1. The Balaban J connectivity index is 1.09. The molecule has 0 fully saturated rings. The molecule has 0 saturated carbocycles. The number of fused-ring (bicyclic) bond motifs is 3. The number of carbonyl (C=O) groups excluding carboxylic acids is 2. The summed E-state index contributed by atoms with van der Waals surface area (Å²) in [4.78, 5) is 37.5. The number of alkyl carbamates (subject to hydrolysis) is 1. The largest absolute Gasteiger partial charge is 0.480 e. The average Bonchev–Trinajstić information content (AvgIpc) is 3.27. The Morgan fingerprint density at radius 1 is 0.769 bits per heavy atom. The molecule has 204 valence electrons. The molecule has 7 nitrogen and oxygen atoms in total. The van der Waals surface area contributed by atoms with Crippen molar-refractivity contribution in [2.45, 2.75) is 51.0 Å². The van der Waals surface area contributed by atoms with Crippen LogP contribution in [0, 0.1) is 0 Å². The highest BCUT2D eigenvalue weighted by molar-refractivity contribution is 5.81. The Morgan fingerprint density at radius 3 is 2.03 bits per heavy atom. The summed E-state index contributed by atoms with van der Waals surface area (Å²) in [6.07, 6.45) is 4.22. The third-order valence-electron chi connectivity index (χ3n) is 7.08. The second kappa shape index (κ2) is 14.1. The number of nitrogens with zero attached hydrogens (tertiary/aromatic N) is 1. The first-order chi connectivity index (χ1) is 19.0. The van der Waals surface area contributed by atoms with Crippen molar-refractivity contribution >= 4 is 18.0 Å². The number of rotatable bonds is 14. The SMILES string of the molecule is O=C(O)CN(Cc1ccccc1)C(=O)CCCCCCCNC(=O)OCC1c2ccccc2-c2ccccc21. The number of ether oxygens (including phenoxy) is 1. The van der Waals surface area contributed by atoms with Gasteiger partial charge in [-0.05, 0) is 40.7 Å². The summed E-state index contributed by atoms with van der Waals surface area (Å²) < 4.78 is 5.57. The molecule has 0 radical (unpaired) electrons. The summed E-state index contributed by atoms with van der Waals surface area (Å²) >= 11 is 0. The Labute approximate surface area is 229 Å². The van der Waals surface area contributed by atoms with Crippen molar-refractivity contribution in [1.82, 2.24) is 10.2 Å². The number of amides is 2. The highest BCUT2D eigenvalue weighted by Gasteiger charge is 2.28. The van der Waals surface area contributed by atoms with E-state index in [0.29, 0.717) is 32.5 Å². The molecular formula is C32H36N2O5. The molecule has 0 aliphatic heterocycles. The minimum Gasteiger partial charge on any atom is -0.480 e. The molecule has 0 unspecified atom stereocenters. The lowest BCUT2D eigenvalue weighted by atomic mass is 9.98. The smallest absolute Gasteiger partial charge is 0.407 e. The summed E-state index contributed by atoms with van der Waals surface area (Å²) in [6.45, 7) is 0.846. The number of nitrogens with one attached hydrogen (secondary N) is 1. The van der Waals surface area contributed by atoms with Crippen molar-refractivity contribution < 1.29 is 24.2 Å². The van der Waals surface area contributed by atoms with Crippen LogP contribution in [0.15, 0.2) is 78.9 Å². The number of carboxylic acid groups (broad SMARTS) is 1. The van der Waals surface area contributed by atoms with Gasteiger partial charge in [-0.15, -0.1) is 0 Å². The lowest BCUT2D eigenvalue weighted by molar-refractivity contribution is -0.145. The summed E-state index contributed by atoms with van der Waals surface area (Å²) in [5, 5.41) is 12.0. The Morgan fingerprint density at radius 2 is 1.36 bits per heavy atom. The van der Waals surface area contributed by atoms with E-state index in [4.69, 9.17) is 4.74 Å². The fourth-order valence-corrected chi connectivity index (χ4v) is 5.13. The van der Waals surface area contributed by atoms with E-state index in [2.05, 4.69) is 29.6 Å². The van der Waals surface area contributed by atoms with Gasteiger partial charge in [0.25, 0.3) is 0 Å². The van der Waals surface area contributed by atoms with Crippen LogP contribution in [0.3, 0.4) is 0 Å². The van der Waals surface area contributed by atoms with Gasteiger partial charge in [0.15, 0.2) is 0 Å². The van der Waals surface area contributed by atoms with Crippen LogP contribution in [-0.4, -0.2) is 47.7 Å². The van der Waals surface area contributed by atoms with Gasteiger partial charge in [0.05, 0.1) is 0 Å². The maximum atomic E-state index is 12.6. The van der Waals surface area contributed by atoms with Gasteiger partial charge in [0.2, 0.25) is 5.91 Å². The van der Waals surface area contributed by atoms with Crippen molar-refractivity contribution in [3.8, 4) is 11.1 Å². The van der Waals surface area contributed by atoms with Crippen LogP contribution in [0.4, 0.5) is 4.79 Å². The quantitative estimate of drug-likeness (QED) is 0.251. The van der Waals surface area contributed by atoms with Crippen LogP contribution in [0.1, 0.15) is 61.1 Å². The molecule has 2 amide bonds. The van der Waals surface area contributed by atoms with Gasteiger partial charge in [-0.3, -0.25) is 9.59 Å². The lowest BCUT2D eigenvalue weighted by Gasteiger charge is -2.21. The van der Waals surface area contributed by atoms with Crippen LogP contribution in [-0.2, 0) is 20.9 Å². The number of unbranched alkanes of at least 4 members (excludes halogenated alkanes) is 4. The van der Waals surface area contributed by atoms with E-state index in [0.717, 1.165) is 31.2 Å². The van der Waals surface area contributed by atoms with Crippen LogP contribution in [0.25, 0.3) is 11.1 Å². The highest BCUT2D eigenvalue weighted by Crippen LogP contribution is 2.44. The average molecular weight is 529 g/mol. The van der Waals surface area contributed by atoms with Crippen molar-refractivity contribution in [1.29, 1.82) is 0 Å². The number of aliphatic carboxylic acids is 1. The van der Waals surface area contributed by atoms with Crippen molar-refractivity contribution in [2.75, 3.05) is 19.7 Å². The standard InChI is InChI=1S/C32H36N2O5/c35-30(34(22-31(36)37)21-24-13-5-4-6-14-24)19-7-2-1-3-12-20-33-32(38)39-23-29-27-17-10-8-15-25(27)26-16-9-11-18-28(26)29/h4-6,8-11,13-18,29H,1-3,7,12,19-23H2,(H,33,38)(H,36,37). The van der Waals surface area contributed by atoms with Crippen molar-refractivity contribution in [3.63, 3.8) is 0 Å². The van der Waals surface area contributed by atoms with Crippen LogP contribution in [0.5, 0.6) is 0 Å². The molecule has 0 aromatic heterocycles. The van der Waals surface area contributed by atoms with Crippen LogP contribution < -0.4 is 5.32 Å². The fraction of sp³-hybridized carbons (Fsp3) is 0.344. The van der Waals surface area contributed by atoms with E-state index < -0.39 is 12.1 Å². The molecule has 7 heteroatoms. The van der Waals surface area contributed by atoms with Crippen molar-refractivity contribution in [3.05, 3.63) is 95.6 Å². The molecule has 0 atom stereocenters. The molecule has 1 aliphatic carbocycles. The van der Waals surface area contributed by atoms with E-state index in [1.807, 2.05) is 54.6 Å². The molecule has 2 N–H and O–H groups in total. The predicted octanol–water partition coefficient (Wildman–Crippen LogP) is 5.98. The summed E-state index contributed by atoms with van der Waals surface area (Å²) in [5.74, 6) is -1.11. The first-order valence-corrected chi connectivity index (χ1v) is 13.7. The molecule has 39 heavy (non-hydrogen) atoms. The third-order valence-corrected chi connectivity index (χ3v) is 7.08. The van der Waals surface area contributed by atoms with E-state index >= 15 is 0 Å².